The number of halogens is 1. The molecule has 1 N–H and O–H groups in total. The first-order valence-electron chi connectivity index (χ1n) is 8.01. The van der Waals surface area contributed by atoms with Gasteiger partial charge in [0, 0.05) is 0 Å². The van der Waals surface area contributed by atoms with Crippen molar-refractivity contribution < 1.29 is 4.74 Å². The monoisotopic (exact) mass is 315 g/mol. The first-order valence-corrected chi connectivity index (χ1v) is 8.39. The summed E-state index contributed by atoms with van der Waals surface area (Å²) in [6, 6.07) is 16.3. The molecule has 2 nitrogen and oxygen atoms in total. The van der Waals surface area contributed by atoms with Gasteiger partial charge in [0.1, 0.15) is 5.75 Å². The zero-order chi connectivity index (χ0) is 15.2. The lowest BCUT2D eigenvalue weighted by Crippen LogP contribution is -2.30. The summed E-state index contributed by atoms with van der Waals surface area (Å²) in [7, 11) is 0. The smallest absolute Gasteiger partial charge is 0.137 e. The van der Waals surface area contributed by atoms with E-state index in [4.69, 9.17) is 16.3 Å². The summed E-state index contributed by atoms with van der Waals surface area (Å²) >= 11 is 6.36. The normalized spacial score (nSPS) is 18.1. The highest BCUT2D eigenvalue weighted by Gasteiger charge is 2.13. The van der Waals surface area contributed by atoms with Gasteiger partial charge in [0.25, 0.3) is 0 Å². The molecule has 1 fully saturated rings. The van der Waals surface area contributed by atoms with Crippen LogP contribution >= 0.6 is 11.6 Å². The molecule has 1 saturated heterocycles. The van der Waals surface area contributed by atoms with Gasteiger partial charge in [-0.05, 0) is 61.5 Å². The highest BCUT2D eigenvalue weighted by molar-refractivity contribution is 6.32. The number of nitrogens with one attached hydrogen (secondary N) is 1. The minimum absolute atomic E-state index is 0.683. The number of rotatable bonds is 5. The van der Waals surface area contributed by atoms with E-state index in [2.05, 4.69) is 23.5 Å². The number of hydrogen-bond acceptors (Lipinski definition) is 2. The van der Waals surface area contributed by atoms with Crippen molar-refractivity contribution >= 4 is 11.6 Å². The van der Waals surface area contributed by atoms with Crippen LogP contribution in [0.25, 0.3) is 11.1 Å². The maximum Gasteiger partial charge on any atom is 0.137 e. The van der Waals surface area contributed by atoms with Crippen LogP contribution in [0.4, 0.5) is 0 Å². The molecule has 0 unspecified atom stereocenters. The molecule has 0 aliphatic carbocycles. The number of ether oxygens (including phenoxy) is 1. The topological polar surface area (TPSA) is 21.3 Å². The number of hydrogen-bond donors (Lipinski definition) is 1. The Hall–Kier alpha value is -1.51. The molecule has 0 spiro atoms. The zero-order valence-electron chi connectivity index (χ0n) is 12.7. The summed E-state index contributed by atoms with van der Waals surface area (Å²) in [6.45, 7) is 3.00. The van der Waals surface area contributed by atoms with Crippen LogP contribution in [0.2, 0.25) is 5.02 Å². The van der Waals surface area contributed by atoms with E-state index in [0.717, 1.165) is 43.3 Å². The lowest BCUT2D eigenvalue weighted by molar-refractivity contribution is 0.254. The molecule has 0 bridgehead atoms. The minimum atomic E-state index is 0.683. The first kappa shape index (κ1) is 15.4. The molecule has 22 heavy (non-hydrogen) atoms. The van der Waals surface area contributed by atoms with Gasteiger partial charge in [0.15, 0.2) is 0 Å². The third-order valence-corrected chi connectivity index (χ3v) is 4.52. The van der Waals surface area contributed by atoms with Crippen molar-refractivity contribution in [1.29, 1.82) is 0 Å². The van der Waals surface area contributed by atoms with Crippen LogP contribution in [0, 0.1) is 5.92 Å². The molecule has 3 rings (SSSR count). The fourth-order valence-electron chi connectivity index (χ4n) is 2.93. The predicted octanol–water partition coefficient (Wildman–Crippen LogP) is 4.78. The molecule has 2 aromatic rings. The van der Waals surface area contributed by atoms with Crippen LogP contribution in [0.15, 0.2) is 48.5 Å². The van der Waals surface area contributed by atoms with E-state index in [9.17, 15) is 0 Å². The summed E-state index contributed by atoms with van der Waals surface area (Å²) < 4.78 is 5.87. The van der Waals surface area contributed by atoms with E-state index in [1.807, 2.05) is 30.3 Å². The third-order valence-electron chi connectivity index (χ3n) is 4.22. The van der Waals surface area contributed by atoms with E-state index in [1.165, 1.54) is 18.4 Å². The van der Waals surface area contributed by atoms with Crippen molar-refractivity contribution in [3.05, 3.63) is 53.6 Å². The average molecular weight is 316 g/mol. The Balaban J connectivity index is 1.58. The summed E-state index contributed by atoms with van der Waals surface area (Å²) in [5.41, 5.74) is 2.29. The van der Waals surface area contributed by atoms with Gasteiger partial charge in [-0.1, -0.05) is 48.0 Å². The molecule has 0 amide bonds. The van der Waals surface area contributed by atoms with Crippen molar-refractivity contribution in [2.24, 2.45) is 5.92 Å². The van der Waals surface area contributed by atoms with Crippen LogP contribution in [-0.4, -0.2) is 19.7 Å². The minimum Gasteiger partial charge on any atom is -0.492 e. The van der Waals surface area contributed by atoms with Crippen LogP contribution in [-0.2, 0) is 0 Å². The third kappa shape index (κ3) is 4.02. The lowest BCUT2D eigenvalue weighted by atomic mass is 9.97. The Labute approximate surface area is 137 Å². The lowest BCUT2D eigenvalue weighted by Gasteiger charge is -2.22. The van der Waals surface area contributed by atoms with Crippen LogP contribution in [0.3, 0.4) is 0 Å². The van der Waals surface area contributed by atoms with Gasteiger partial charge in [-0.2, -0.15) is 0 Å². The molecule has 2 aromatic carbocycles. The van der Waals surface area contributed by atoms with Crippen molar-refractivity contribution in [3.63, 3.8) is 0 Å². The van der Waals surface area contributed by atoms with Crippen molar-refractivity contribution in [2.75, 3.05) is 19.7 Å². The van der Waals surface area contributed by atoms with E-state index < -0.39 is 0 Å². The Kier molecular flexibility index (Phi) is 5.36. The van der Waals surface area contributed by atoms with Gasteiger partial charge in [-0.25, -0.2) is 0 Å². The molecule has 3 heteroatoms. The summed E-state index contributed by atoms with van der Waals surface area (Å²) in [6.07, 6.45) is 3.66. The van der Waals surface area contributed by atoms with Gasteiger partial charge in [0.2, 0.25) is 0 Å². The van der Waals surface area contributed by atoms with Gasteiger partial charge in [0.05, 0.1) is 11.6 Å². The Morgan fingerprint density at radius 3 is 2.68 bits per heavy atom. The highest BCUT2D eigenvalue weighted by atomic mass is 35.5. The second-order valence-electron chi connectivity index (χ2n) is 5.86. The van der Waals surface area contributed by atoms with Crippen LogP contribution < -0.4 is 10.1 Å². The van der Waals surface area contributed by atoms with Crippen molar-refractivity contribution in [1.82, 2.24) is 5.32 Å². The molecular formula is C19H22ClNO. The summed E-state index contributed by atoms with van der Waals surface area (Å²) in [5.74, 6) is 1.52. The van der Waals surface area contributed by atoms with Crippen LogP contribution in [0.1, 0.15) is 19.3 Å². The van der Waals surface area contributed by atoms with Crippen LogP contribution in [0.5, 0.6) is 5.75 Å². The Morgan fingerprint density at radius 2 is 1.95 bits per heavy atom. The zero-order valence-corrected chi connectivity index (χ0v) is 13.5. The SMILES string of the molecule is Clc1cc(-c2ccccc2)ccc1OCC[C@H]1CCCNC1. The van der Waals surface area contributed by atoms with Gasteiger partial charge >= 0.3 is 0 Å². The maximum absolute atomic E-state index is 6.36. The van der Waals surface area contributed by atoms with E-state index in [0.29, 0.717) is 5.02 Å². The van der Waals surface area contributed by atoms with Crippen molar-refractivity contribution in [2.45, 2.75) is 19.3 Å². The molecule has 1 aliphatic rings. The summed E-state index contributed by atoms with van der Waals surface area (Å²) in [5, 5.41) is 4.12. The Morgan fingerprint density at radius 1 is 1.09 bits per heavy atom. The maximum atomic E-state index is 6.36. The van der Waals surface area contributed by atoms with E-state index in [1.54, 1.807) is 0 Å². The molecule has 0 radical (unpaired) electrons. The standard InChI is InChI=1S/C19H22ClNO/c20-18-13-17(16-6-2-1-3-7-16)8-9-19(18)22-12-10-15-5-4-11-21-14-15/h1-3,6-9,13,15,21H,4-5,10-12,14H2/t15-/m1/s1. The molecule has 1 atom stereocenters. The van der Waals surface area contributed by atoms with E-state index >= 15 is 0 Å². The molecule has 116 valence electrons. The fourth-order valence-corrected chi connectivity index (χ4v) is 3.17. The number of piperidine rings is 1. The largest absolute Gasteiger partial charge is 0.492 e. The first-order chi connectivity index (χ1) is 10.8. The summed E-state index contributed by atoms with van der Waals surface area (Å²) in [4.78, 5) is 0. The molecule has 1 aliphatic heterocycles. The van der Waals surface area contributed by atoms with Crippen molar-refractivity contribution in [3.8, 4) is 16.9 Å². The fraction of sp³-hybridized carbons (Fsp3) is 0.368. The predicted molar refractivity (Wildman–Crippen MR) is 92.6 cm³/mol. The second kappa shape index (κ2) is 7.66. The molecule has 1 heterocycles. The average Bonchev–Trinajstić information content (AvgIpc) is 2.58. The van der Waals surface area contributed by atoms with Gasteiger partial charge < -0.3 is 10.1 Å². The number of benzene rings is 2. The van der Waals surface area contributed by atoms with Gasteiger partial charge in [-0.3, -0.25) is 0 Å². The molecular weight excluding hydrogens is 294 g/mol. The second-order valence-corrected chi connectivity index (χ2v) is 6.27. The molecule has 0 saturated carbocycles. The molecule has 0 aromatic heterocycles. The highest BCUT2D eigenvalue weighted by Crippen LogP contribution is 2.30. The van der Waals surface area contributed by atoms with E-state index in [-0.39, 0.29) is 0 Å². The quantitative estimate of drug-likeness (QED) is 0.857. The Bertz CT molecular complexity index is 594. The van der Waals surface area contributed by atoms with Gasteiger partial charge in [-0.15, -0.1) is 0 Å².